The second kappa shape index (κ2) is 6.42. The lowest BCUT2D eigenvalue weighted by Gasteiger charge is -2.09. The fourth-order valence-electron chi connectivity index (χ4n) is 1.56. The normalized spacial score (nSPS) is 9.95. The Labute approximate surface area is 121 Å². The van der Waals surface area contributed by atoms with Crippen molar-refractivity contribution in [3.05, 3.63) is 58.4 Å². The molecule has 19 heavy (non-hydrogen) atoms. The minimum absolute atomic E-state index is 0.247. The molecule has 0 atom stereocenters. The molecule has 0 saturated heterocycles. The molecule has 1 aromatic carbocycles. The molecule has 0 amide bonds. The van der Waals surface area contributed by atoms with Crippen LogP contribution >= 0.6 is 23.2 Å². The van der Waals surface area contributed by atoms with Gasteiger partial charge in [0.1, 0.15) is 24.1 Å². The molecule has 0 N–H and O–H groups in total. The summed E-state index contributed by atoms with van der Waals surface area (Å²) in [6.45, 7) is 0.247. The van der Waals surface area contributed by atoms with Crippen molar-refractivity contribution in [1.29, 1.82) is 5.26 Å². The van der Waals surface area contributed by atoms with Crippen molar-refractivity contribution in [2.24, 2.45) is 0 Å². The van der Waals surface area contributed by atoms with Gasteiger partial charge in [-0.25, -0.2) is 4.98 Å². The molecule has 2 aromatic rings. The van der Waals surface area contributed by atoms with E-state index in [1.54, 1.807) is 30.5 Å². The molecule has 5 heteroatoms. The molecule has 0 aliphatic carbocycles. The van der Waals surface area contributed by atoms with Gasteiger partial charge in [-0.05, 0) is 23.8 Å². The summed E-state index contributed by atoms with van der Waals surface area (Å²) < 4.78 is 5.60. The minimum atomic E-state index is 0.247. The molecule has 0 aliphatic heterocycles. The summed E-state index contributed by atoms with van der Waals surface area (Å²) in [4.78, 5) is 3.97. The van der Waals surface area contributed by atoms with E-state index in [9.17, 15) is 0 Å². The molecule has 0 spiro atoms. The number of alkyl halides is 1. The number of rotatable bonds is 4. The first-order valence-corrected chi connectivity index (χ1v) is 6.47. The van der Waals surface area contributed by atoms with E-state index < -0.39 is 0 Å². The highest BCUT2D eigenvalue weighted by Crippen LogP contribution is 2.27. The van der Waals surface area contributed by atoms with E-state index in [1.807, 2.05) is 12.1 Å². The van der Waals surface area contributed by atoms with Crippen LogP contribution in [0.15, 0.2) is 36.5 Å². The molecule has 1 heterocycles. The Balaban J connectivity index is 2.13. The van der Waals surface area contributed by atoms with E-state index >= 15 is 0 Å². The number of hydrogen-bond donors (Lipinski definition) is 0. The van der Waals surface area contributed by atoms with E-state index in [0.717, 1.165) is 11.1 Å². The lowest BCUT2D eigenvalue weighted by atomic mass is 10.2. The average molecular weight is 293 g/mol. The van der Waals surface area contributed by atoms with Gasteiger partial charge in [0.25, 0.3) is 0 Å². The van der Waals surface area contributed by atoms with Crippen molar-refractivity contribution in [2.75, 3.05) is 0 Å². The third-order valence-electron chi connectivity index (χ3n) is 2.53. The van der Waals surface area contributed by atoms with Gasteiger partial charge in [-0.15, -0.1) is 11.6 Å². The SMILES string of the molecule is N#Cc1ncccc1COc1ccc(CCl)cc1Cl. The first kappa shape index (κ1) is 13.7. The molecular weight excluding hydrogens is 283 g/mol. The van der Waals surface area contributed by atoms with Crippen LogP contribution in [-0.2, 0) is 12.5 Å². The lowest BCUT2D eigenvalue weighted by molar-refractivity contribution is 0.305. The Bertz CT molecular complexity index is 623. The third-order valence-corrected chi connectivity index (χ3v) is 3.13. The van der Waals surface area contributed by atoms with Crippen molar-refractivity contribution in [3.63, 3.8) is 0 Å². The van der Waals surface area contributed by atoms with Gasteiger partial charge >= 0.3 is 0 Å². The van der Waals surface area contributed by atoms with Gasteiger partial charge in [0.2, 0.25) is 0 Å². The van der Waals surface area contributed by atoms with Crippen LogP contribution in [0.5, 0.6) is 5.75 Å². The fourth-order valence-corrected chi connectivity index (χ4v) is 1.98. The van der Waals surface area contributed by atoms with E-state index in [0.29, 0.717) is 22.3 Å². The van der Waals surface area contributed by atoms with Gasteiger partial charge in [-0.2, -0.15) is 5.26 Å². The summed E-state index contributed by atoms with van der Waals surface area (Å²) in [5, 5.41) is 9.43. The van der Waals surface area contributed by atoms with Crippen molar-refractivity contribution >= 4 is 23.2 Å². The number of aromatic nitrogens is 1. The summed E-state index contributed by atoms with van der Waals surface area (Å²) in [5.41, 5.74) is 2.01. The number of pyridine rings is 1. The predicted molar refractivity (Wildman–Crippen MR) is 74.3 cm³/mol. The Morgan fingerprint density at radius 1 is 1.32 bits per heavy atom. The summed E-state index contributed by atoms with van der Waals surface area (Å²) in [6, 6.07) is 11.0. The van der Waals surface area contributed by atoms with Gasteiger partial charge in [-0.1, -0.05) is 23.7 Å². The van der Waals surface area contributed by atoms with Crippen molar-refractivity contribution in [1.82, 2.24) is 4.98 Å². The number of benzene rings is 1. The molecule has 0 fully saturated rings. The third kappa shape index (κ3) is 3.37. The van der Waals surface area contributed by atoms with Crippen LogP contribution in [0.25, 0.3) is 0 Å². The molecular formula is C14H10Cl2N2O. The Morgan fingerprint density at radius 3 is 2.84 bits per heavy atom. The topological polar surface area (TPSA) is 45.9 Å². The van der Waals surface area contributed by atoms with Crippen LogP contribution in [0.2, 0.25) is 5.02 Å². The predicted octanol–water partition coefficient (Wildman–Crippen LogP) is 3.92. The molecule has 0 radical (unpaired) electrons. The molecule has 0 unspecified atom stereocenters. The molecule has 0 bridgehead atoms. The van der Waals surface area contributed by atoms with E-state index in [1.165, 1.54) is 0 Å². The highest BCUT2D eigenvalue weighted by Gasteiger charge is 2.06. The van der Waals surface area contributed by atoms with Crippen molar-refractivity contribution < 1.29 is 4.74 Å². The Kier molecular flexibility index (Phi) is 4.62. The summed E-state index contributed by atoms with van der Waals surface area (Å²) in [5.74, 6) is 0.963. The van der Waals surface area contributed by atoms with Gasteiger partial charge in [-0.3, -0.25) is 0 Å². The van der Waals surface area contributed by atoms with Gasteiger partial charge in [0.15, 0.2) is 0 Å². The zero-order valence-electron chi connectivity index (χ0n) is 9.94. The number of ether oxygens (including phenoxy) is 1. The van der Waals surface area contributed by atoms with Crippen molar-refractivity contribution in [3.8, 4) is 11.8 Å². The summed E-state index contributed by atoms with van der Waals surface area (Å²) in [6.07, 6.45) is 1.57. The molecule has 2 rings (SSSR count). The number of nitrogens with zero attached hydrogens (tertiary/aromatic N) is 2. The van der Waals surface area contributed by atoms with Crippen LogP contribution in [-0.4, -0.2) is 4.98 Å². The number of hydrogen-bond acceptors (Lipinski definition) is 3. The lowest BCUT2D eigenvalue weighted by Crippen LogP contribution is -2.00. The smallest absolute Gasteiger partial charge is 0.147 e. The largest absolute Gasteiger partial charge is 0.487 e. The van der Waals surface area contributed by atoms with Crippen LogP contribution in [0.4, 0.5) is 0 Å². The number of halogens is 2. The van der Waals surface area contributed by atoms with Gasteiger partial charge in [0.05, 0.1) is 5.02 Å². The maximum atomic E-state index is 8.93. The second-order valence-electron chi connectivity index (χ2n) is 3.81. The Morgan fingerprint density at radius 2 is 2.16 bits per heavy atom. The van der Waals surface area contributed by atoms with E-state index in [2.05, 4.69) is 4.98 Å². The van der Waals surface area contributed by atoms with Crippen molar-refractivity contribution in [2.45, 2.75) is 12.5 Å². The van der Waals surface area contributed by atoms with Crippen LogP contribution in [0.1, 0.15) is 16.8 Å². The van der Waals surface area contributed by atoms with Gasteiger partial charge in [0, 0.05) is 17.6 Å². The second-order valence-corrected chi connectivity index (χ2v) is 4.48. The van der Waals surface area contributed by atoms with Gasteiger partial charge < -0.3 is 4.74 Å². The standard InChI is InChI=1S/C14H10Cl2N2O/c15-7-10-3-4-14(12(16)6-10)19-9-11-2-1-5-18-13(11)8-17/h1-6H,7,9H2. The zero-order valence-corrected chi connectivity index (χ0v) is 11.4. The average Bonchev–Trinajstić information content (AvgIpc) is 2.46. The van der Waals surface area contributed by atoms with E-state index in [-0.39, 0.29) is 6.61 Å². The summed E-state index contributed by atoms with van der Waals surface area (Å²) >= 11 is 11.8. The molecule has 1 aromatic heterocycles. The first-order chi connectivity index (χ1) is 9.24. The fraction of sp³-hybridized carbons (Fsp3) is 0.143. The maximum Gasteiger partial charge on any atom is 0.147 e. The molecule has 0 saturated carbocycles. The molecule has 3 nitrogen and oxygen atoms in total. The molecule has 0 aliphatic rings. The van der Waals surface area contributed by atoms with E-state index in [4.69, 9.17) is 33.2 Å². The number of nitriles is 1. The maximum absolute atomic E-state index is 8.93. The van der Waals surface area contributed by atoms with Crippen LogP contribution < -0.4 is 4.74 Å². The zero-order chi connectivity index (χ0) is 13.7. The highest BCUT2D eigenvalue weighted by molar-refractivity contribution is 6.32. The highest BCUT2D eigenvalue weighted by atomic mass is 35.5. The van der Waals surface area contributed by atoms with Crippen LogP contribution in [0.3, 0.4) is 0 Å². The first-order valence-electron chi connectivity index (χ1n) is 5.55. The Hall–Kier alpha value is -1.76. The monoisotopic (exact) mass is 292 g/mol. The minimum Gasteiger partial charge on any atom is -0.487 e. The van der Waals surface area contributed by atoms with Crippen LogP contribution in [0, 0.1) is 11.3 Å². The summed E-state index contributed by atoms with van der Waals surface area (Å²) in [7, 11) is 0. The molecule has 96 valence electrons. The quantitative estimate of drug-likeness (QED) is 0.802.